The average Bonchev–Trinajstić information content (AvgIpc) is 2.91. The average molecular weight is 305 g/mol. The van der Waals surface area contributed by atoms with E-state index in [1.807, 2.05) is 30.3 Å². The molecule has 0 aromatic heterocycles. The van der Waals surface area contributed by atoms with Gasteiger partial charge in [0.2, 0.25) is 0 Å². The van der Waals surface area contributed by atoms with Gasteiger partial charge < -0.3 is 4.74 Å². The Kier molecular flexibility index (Phi) is 4.71. The quantitative estimate of drug-likeness (QED) is 0.495. The van der Waals surface area contributed by atoms with Crippen molar-refractivity contribution in [3.63, 3.8) is 0 Å². The van der Waals surface area contributed by atoms with Gasteiger partial charge in [-0.2, -0.15) is 0 Å². The molecule has 2 amide bonds. The van der Waals surface area contributed by atoms with Crippen molar-refractivity contribution < 1.29 is 14.3 Å². The van der Waals surface area contributed by atoms with Crippen LogP contribution in [0.3, 0.4) is 0 Å². The van der Waals surface area contributed by atoms with Crippen LogP contribution in [0.15, 0.2) is 30.3 Å². The van der Waals surface area contributed by atoms with Crippen molar-refractivity contribution >= 4 is 12.0 Å². The maximum absolute atomic E-state index is 12.4. The predicted molar refractivity (Wildman–Crippen MR) is 82.9 cm³/mol. The van der Waals surface area contributed by atoms with Crippen molar-refractivity contribution in [2.45, 2.75) is 44.8 Å². The molecular weight excluding hydrogens is 282 g/mol. The Morgan fingerprint density at radius 2 is 1.91 bits per heavy atom. The summed E-state index contributed by atoms with van der Waals surface area (Å²) in [5.41, 5.74) is 2.63. The van der Waals surface area contributed by atoms with E-state index in [0.29, 0.717) is 13.0 Å². The minimum Gasteiger partial charge on any atom is -0.444 e. The summed E-state index contributed by atoms with van der Waals surface area (Å²) in [7, 11) is 0. The van der Waals surface area contributed by atoms with Gasteiger partial charge >= 0.3 is 6.09 Å². The first-order chi connectivity index (χ1) is 10.3. The Labute approximate surface area is 130 Å². The van der Waals surface area contributed by atoms with E-state index in [1.54, 1.807) is 20.8 Å². The van der Waals surface area contributed by atoms with E-state index in [1.165, 1.54) is 4.90 Å². The third-order valence-electron chi connectivity index (χ3n) is 3.64. The first-order valence-electron chi connectivity index (χ1n) is 7.37. The molecule has 0 spiro atoms. The predicted octanol–water partition coefficient (Wildman–Crippen LogP) is 1.77. The van der Waals surface area contributed by atoms with Crippen LogP contribution in [0.1, 0.15) is 38.7 Å². The van der Waals surface area contributed by atoms with Crippen molar-refractivity contribution in [2.24, 2.45) is 5.84 Å². The second kappa shape index (κ2) is 6.36. The number of nitrogens with one attached hydrogen (secondary N) is 1. The summed E-state index contributed by atoms with van der Waals surface area (Å²) in [6.45, 7) is 5.84. The largest absolute Gasteiger partial charge is 0.444 e. The van der Waals surface area contributed by atoms with Crippen molar-refractivity contribution in [3.05, 3.63) is 35.9 Å². The van der Waals surface area contributed by atoms with E-state index in [0.717, 1.165) is 5.56 Å². The van der Waals surface area contributed by atoms with Gasteiger partial charge in [-0.15, -0.1) is 0 Å². The van der Waals surface area contributed by atoms with Gasteiger partial charge in [-0.3, -0.25) is 15.1 Å². The molecule has 0 unspecified atom stereocenters. The molecule has 1 fully saturated rings. The molecule has 3 N–H and O–H groups in total. The highest BCUT2D eigenvalue weighted by Gasteiger charge is 2.41. The Balaban J connectivity index is 2.19. The molecule has 0 radical (unpaired) electrons. The summed E-state index contributed by atoms with van der Waals surface area (Å²) >= 11 is 0. The number of carbonyl (C=O) groups excluding carboxylic acids is 2. The van der Waals surface area contributed by atoms with E-state index in [-0.39, 0.29) is 11.8 Å². The second-order valence-corrected chi connectivity index (χ2v) is 6.50. The van der Waals surface area contributed by atoms with Crippen LogP contribution in [0.25, 0.3) is 0 Å². The molecule has 120 valence electrons. The lowest BCUT2D eigenvalue weighted by Crippen LogP contribution is -2.49. The lowest BCUT2D eigenvalue weighted by molar-refractivity contribution is -0.125. The fourth-order valence-electron chi connectivity index (χ4n) is 2.67. The highest BCUT2D eigenvalue weighted by atomic mass is 16.6. The molecule has 6 heteroatoms. The number of nitrogens with zero attached hydrogens (tertiary/aromatic N) is 1. The molecule has 1 saturated heterocycles. The minimum absolute atomic E-state index is 0.0935. The third-order valence-corrected chi connectivity index (χ3v) is 3.64. The van der Waals surface area contributed by atoms with E-state index in [9.17, 15) is 9.59 Å². The van der Waals surface area contributed by atoms with Crippen LogP contribution in [0.5, 0.6) is 0 Å². The topological polar surface area (TPSA) is 84.7 Å². The fraction of sp³-hybridized carbons (Fsp3) is 0.500. The first-order valence-corrected chi connectivity index (χ1v) is 7.37. The molecule has 1 aromatic carbocycles. The molecule has 1 aliphatic rings. The molecule has 0 aliphatic carbocycles. The molecule has 0 saturated carbocycles. The van der Waals surface area contributed by atoms with Gasteiger partial charge in [0.1, 0.15) is 11.6 Å². The van der Waals surface area contributed by atoms with Crippen molar-refractivity contribution in [1.82, 2.24) is 10.3 Å². The molecule has 1 aliphatic heterocycles. The van der Waals surface area contributed by atoms with Crippen LogP contribution in [0.4, 0.5) is 4.79 Å². The number of ether oxygens (including phenoxy) is 1. The lowest BCUT2D eigenvalue weighted by Gasteiger charge is -2.27. The standard InChI is InChI=1S/C16H23N3O3/c1-16(2,3)22-15(21)19-10-12(9-13(19)14(20)18-17)11-7-5-4-6-8-11/h4-8,12-13H,9-10,17H2,1-3H3,(H,18,20)/t12-,13+/m1/s1. The highest BCUT2D eigenvalue weighted by Crippen LogP contribution is 2.32. The Hall–Kier alpha value is -2.08. The normalized spacial score (nSPS) is 21.5. The first kappa shape index (κ1) is 16.3. The fourth-order valence-corrected chi connectivity index (χ4v) is 2.67. The van der Waals surface area contributed by atoms with E-state index in [4.69, 9.17) is 10.6 Å². The zero-order valence-electron chi connectivity index (χ0n) is 13.2. The Bertz CT molecular complexity index is 539. The van der Waals surface area contributed by atoms with Gasteiger partial charge in [-0.25, -0.2) is 10.6 Å². The van der Waals surface area contributed by atoms with E-state index >= 15 is 0 Å². The molecule has 1 aromatic rings. The lowest BCUT2D eigenvalue weighted by atomic mass is 9.96. The summed E-state index contributed by atoms with van der Waals surface area (Å²) < 4.78 is 5.40. The number of likely N-dealkylation sites (tertiary alicyclic amines) is 1. The van der Waals surface area contributed by atoms with E-state index in [2.05, 4.69) is 5.43 Å². The Morgan fingerprint density at radius 3 is 2.45 bits per heavy atom. The summed E-state index contributed by atoms with van der Waals surface area (Å²) in [4.78, 5) is 25.8. The van der Waals surface area contributed by atoms with Gasteiger partial charge in [0, 0.05) is 12.5 Å². The molecule has 6 nitrogen and oxygen atoms in total. The number of hydrogen-bond donors (Lipinski definition) is 2. The molecule has 2 atom stereocenters. The van der Waals surface area contributed by atoms with Crippen LogP contribution in [-0.2, 0) is 9.53 Å². The van der Waals surface area contributed by atoms with Gasteiger partial charge in [-0.05, 0) is 32.8 Å². The molecular formula is C16H23N3O3. The Morgan fingerprint density at radius 1 is 1.27 bits per heavy atom. The molecule has 2 rings (SSSR count). The summed E-state index contributed by atoms with van der Waals surface area (Å²) in [6, 6.07) is 9.23. The number of benzene rings is 1. The summed E-state index contributed by atoms with van der Waals surface area (Å²) in [5.74, 6) is 4.97. The van der Waals surface area contributed by atoms with Crippen LogP contribution in [-0.4, -0.2) is 35.1 Å². The monoisotopic (exact) mass is 305 g/mol. The maximum Gasteiger partial charge on any atom is 0.410 e. The third kappa shape index (κ3) is 3.76. The molecule has 1 heterocycles. The minimum atomic E-state index is -0.606. The highest BCUT2D eigenvalue weighted by molar-refractivity contribution is 5.86. The number of carbonyl (C=O) groups is 2. The van der Waals surface area contributed by atoms with E-state index < -0.39 is 17.7 Å². The maximum atomic E-state index is 12.4. The smallest absolute Gasteiger partial charge is 0.410 e. The number of rotatable bonds is 2. The van der Waals surface area contributed by atoms with Gasteiger partial charge in [0.05, 0.1) is 0 Å². The van der Waals surface area contributed by atoms with Crippen LogP contribution >= 0.6 is 0 Å². The van der Waals surface area contributed by atoms with Crippen LogP contribution < -0.4 is 11.3 Å². The van der Waals surface area contributed by atoms with Crippen LogP contribution in [0, 0.1) is 0 Å². The number of hydrazine groups is 1. The second-order valence-electron chi connectivity index (χ2n) is 6.50. The molecule has 0 bridgehead atoms. The van der Waals surface area contributed by atoms with Crippen LogP contribution in [0.2, 0.25) is 0 Å². The van der Waals surface area contributed by atoms with Crippen molar-refractivity contribution in [1.29, 1.82) is 0 Å². The van der Waals surface area contributed by atoms with Gasteiger partial charge in [0.25, 0.3) is 5.91 Å². The number of amides is 2. The van der Waals surface area contributed by atoms with Gasteiger partial charge in [0.15, 0.2) is 0 Å². The zero-order chi connectivity index (χ0) is 16.3. The zero-order valence-corrected chi connectivity index (χ0v) is 13.2. The number of nitrogens with two attached hydrogens (primary N) is 1. The summed E-state index contributed by atoms with van der Waals surface area (Å²) in [6.07, 6.45) is 0.0475. The summed E-state index contributed by atoms with van der Waals surface area (Å²) in [5, 5.41) is 0. The SMILES string of the molecule is CC(C)(C)OC(=O)N1C[C@H](c2ccccc2)C[C@H]1C(=O)NN. The number of hydrogen-bond acceptors (Lipinski definition) is 4. The molecule has 22 heavy (non-hydrogen) atoms. The van der Waals surface area contributed by atoms with Crippen molar-refractivity contribution in [3.8, 4) is 0 Å². The van der Waals surface area contributed by atoms with Gasteiger partial charge in [-0.1, -0.05) is 30.3 Å². The van der Waals surface area contributed by atoms with Crippen molar-refractivity contribution in [2.75, 3.05) is 6.54 Å².